The van der Waals surface area contributed by atoms with Crippen molar-refractivity contribution >= 4 is 34.9 Å². The zero-order valence-corrected chi connectivity index (χ0v) is 19.7. The van der Waals surface area contributed by atoms with E-state index >= 15 is 0 Å². The largest absolute Gasteiger partial charge is 0.447 e. The first-order chi connectivity index (χ1) is 15.8. The lowest BCUT2D eigenvalue weighted by atomic mass is 9.77. The van der Waals surface area contributed by atoms with Gasteiger partial charge in [-0.2, -0.15) is 0 Å². The number of carbonyl (C=O) groups excluding carboxylic acids is 4. The standard InChI is InChI=1S/C25H28N2O5S/c1-17(28)20-8-9-21(33-20)23(30)26-13-10-25(11-14-26)12-15-27(16-25)24(31)22(32-18(2)29)19-6-4-3-5-7-19/h3-9,22H,10-16H2,1-2H3. The zero-order valence-electron chi connectivity index (χ0n) is 18.9. The Morgan fingerprint density at radius 2 is 1.48 bits per heavy atom. The van der Waals surface area contributed by atoms with Crippen LogP contribution in [-0.2, 0) is 14.3 Å². The minimum atomic E-state index is -0.935. The summed E-state index contributed by atoms with van der Waals surface area (Å²) in [6, 6.07) is 12.5. The van der Waals surface area contributed by atoms with Crippen LogP contribution in [0.25, 0.3) is 0 Å². The summed E-state index contributed by atoms with van der Waals surface area (Å²) in [5.74, 6) is -0.747. The lowest BCUT2D eigenvalue weighted by Gasteiger charge is -2.39. The van der Waals surface area contributed by atoms with Crippen LogP contribution in [0, 0.1) is 5.41 Å². The van der Waals surface area contributed by atoms with Gasteiger partial charge in [-0.3, -0.25) is 19.2 Å². The molecule has 4 rings (SSSR count). The van der Waals surface area contributed by atoms with Gasteiger partial charge in [-0.05, 0) is 43.7 Å². The summed E-state index contributed by atoms with van der Waals surface area (Å²) in [4.78, 5) is 54.2. The lowest BCUT2D eigenvalue weighted by molar-refractivity contribution is -0.159. The smallest absolute Gasteiger partial charge is 0.303 e. The number of rotatable bonds is 5. The predicted molar refractivity (Wildman–Crippen MR) is 124 cm³/mol. The summed E-state index contributed by atoms with van der Waals surface area (Å²) in [6.45, 7) is 5.28. The van der Waals surface area contributed by atoms with Gasteiger partial charge in [-0.1, -0.05) is 30.3 Å². The molecule has 8 heteroatoms. The molecular weight excluding hydrogens is 440 g/mol. The molecule has 0 bridgehead atoms. The molecule has 0 aliphatic carbocycles. The molecule has 1 spiro atoms. The summed E-state index contributed by atoms with van der Waals surface area (Å²) in [5, 5.41) is 0. The number of Topliss-reactive ketones (excluding diaryl/α,β-unsaturated/α-hetero) is 1. The number of thiophene rings is 1. The van der Waals surface area contributed by atoms with Crippen molar-refractivity contribution in [1.82, 2.24) is 9.80 Å². The fourth-order valence-corrected chi connectivity index (χ4v) is 5.60. The third-order valence-electron chi connectivity index (χ3n) is 6.64. The number of ether oxygens (including phenoxy) is 1. The van der Waals surface area contributed by atoms with E-state index in [2.05, 4.69) is 0 Å². The molecule has 3 heterocycles. The number of esters is 1. The number of carbonyl (C=O) groups is 4. The minimum Gasteiger partial charge on any atom is -0.447 e. The topological polar surface area (TPSA) is 84.0 Å². The van der Waals surface area contributed by atoms with Crippen LogP contribution in [0.4, 0.5) is 0 Å². The normalized spacial score (nSPS) is 18.2. The molecule has 2 amide bonds. The molecule has 2 saturated heterocycles. The molecule has 2 aromatic rings. The van der Waals surface area contributed by atoms with Crippen LogP contribution in [0.1, 0.15) is 64.1 Å². The maximum atomic E-state index is 13.3. The van der Waals surface area contributed by atoms with Crippen molar-refractivity contribution in [3.05, 3.63) is 57.8 Å². The Kier molecular flexibility index (Phi) is 6.65. The first-order valence-electron chi connectivity index (χ1n) is 11.2. The molecule has 174 valence electrons. The van der Waals surface area contributed by atoms with Gasteiger partial charge in [0.25, 0.3) is 11.8 Å². The Bertz CT molecular complexity index is 1060. The molecule has 33 heavy (non-hydrogen) atoms. The number of ketones is 1. The number of nitrogens with zero attached hydrogens (tertiary/aromatic N) is 2. The highest BCUT2D eigenvalue weighted by Gasteiger charge is 2.44. The summed E-state index contributed by atoms with van der Waals surface area (Å²) < 4.78 is 5.40. The van der Waals surface area contributed by atoms with E-state index in [1.165, 1.54) is 25.2 Å². The van der Waals surface area contributed by atoms with E-state index in [1.54, 1.807) is 29.2 Å². The highest BCUT2D eigenvalue weighted by Crippen LogP contribution is 2.41. The van der Waals surface area contributed by atoms with E-state index < -0.39 is 12.1 Å². The van der Waals surface area contributed by atoms with E-state index in [0.29, 0.717) is 41.5 Å². The summed E-state index contributed by atoms with van der Waals surface area (Å²) in [6.07, 6.45) is 1.57. The van der Waals surface area contributed by atoms with E-state index in [4.69, 9.17) is 4.74 Å². The van der Waals surface area contributed by atoms with Gasteiger partial charge >= 0.3 is 5.97 Å². The first kappa shape index (κ1) is 23.2. The number of piperidine rings is 1. The highest BCUT2D eigenvalue weighted by atomic mass is 32.1. The Hall–Kier alpha value is -3.00. The van der Waals surface area contributed by atoms with Crippen molar-refractivity contribution in [2.75, 3.05) is 26.2 Å². The zero-order chi connectivity index (χ0) is 23.6. The van der Waals surface area contributed by atoms with Gasteiger partial charge in [0.15, 0.2) is 5.78 Å². The van der Waals surface area contributed by atoms with E-state index in [9.17, 15) is 19.2 Å². The van der Waals surface area contributed by atoms with Crippen molar-refractivity contribution in [3.63, 3.8) is 0 Å². The van der Waals surface area contributed by atoms with Crippen molar-refractivity contribution in [2.45, 2.75) is 39.2 Å². The van der Waals surface area contributed by atoms with Crippen molar-refractivity contribution in [1.29, 1.82) is 0 Å². The van der Waals surface area contributed by atoms with E-state index in [-0.39, 0.29) is 23.0 Å². The fourth-order valence-electron chi connectivity index (χ4n) is 4.73. The number of hydrogen-bond donors (Lipinski definition) is 0. The van der Waals surface area contributed by atoms with Gasteiger partial charge in [0, 0.05) is 38.7 Å². The third kappa shape index (κ3) is 5.00. The number of benzene rings is 1. The third-order valence-corrected chi connectivity index (χ3v) is 7.81. The van der Waals surface area contributed by atoms with Gasteiger partial charge in [0.05, 0.1) is 9.75 Å². The second kappa shape index (κ2) is 9.47. The Morgan fingerprint density at radius 3 is 2.06 bits per heavy atom. The van der Waals surface area contributed by atoms with Gasteiger partial charge in [0.2, 0.25) is 6.10 Å². The second-order valence-corrected chi connectivity index (χ2v) is 10.0. The molecule has 0 saturated carbocycles. The van der Waals surface area contributed by atoms with Gasteiger partial charge in [-0.15, -0.1) is 11.3 Å². The van der Waals surface area contributed by atoms with E-state index in [1.807, 2.05) is 23.1 Å². The minimum absolute atomic E-state index is 0.0239. The fraction of sp³-hybridized carbons (Fsp3) is 0.440. The van der Waals surface area contributed by atoms with Crippen LogP contribution in [0.2, 0.25) is 0 Å². The van der Waals surface area contributed by atoms with E-state index in [0.717, 1.165) is 19.3 Å². The maximum Gasteiger partial charge on any atom is 0.303 e. The summed E-state index contributed by atoms with van der Waals surface area (Å²) in [7, 11) is 0. The molecule has 1 atom stereocenters. The van der Waals surface area contributed by atoms with Crippen LogP contribution in [-0.4, -0.2) is 59.5 Å². The molecule has 0 radical (unpaired) electrons. The molecule has 2 fully saturated rings. The second-order valence-electron chi connectivity index (χ2n) is 8.92. The molecule has 1 aromatic heterocycles. The molecule has 0 N–H and O–H groups in total. The Morgan fingerprint density at radius 1 is 0.879 bits per heavy atom. The van der Waals surface area contributed by atoms with Crippen LogP contribution in [0.5, 0.6) is 0 Å². The predicted octanol–water partition coefficient (Wildman–Crippen LogP) is 3.71. The van der Waals surface area contributed by atoms with Crippen molar-refractivity contribution < 1.29 is 23.9 Å². The lowest BCUT2D eigenvalue weighted by Crippen LogP contribution is -2.45. The average Bonchev–Trinajstić information content (AvgIpc) is 3.46. The SMILES string of the molecule is CC(=O)OC(C(=O)N1CCC2(CCN(C(=O)c3ccc(C(C)=O)s3)CC2)C1)c1ccccc1. The Labute approximate surface area is 197 Å². The van der Waals surface area contributed by atoms with Gasteiger partial charge in [-0.25, -0.2) is 0 Å². The molecule has 7 nitrogen and oxygen atoms in total. The molecule has 2 aliphatic heterocycles. The van der Waals surface area contributed by atoms with Gasteiger partial charge < -0.3 is 14.5 Å². The number of amides is 2. The van der Waals surface area contributed by atoms with Gasteiger partial charge in [0.1, 0.15) is 0 Å². The van der Waals surface area contributed by atoms with Crippen molar-refractivity contribution in [3.8, 4) is 0 Å². The molecular formula is C25H28N2O5S. The Balaban J connectivity index is 1.39. The monoisotopic (exact) mass is 468 g/mol. The molecule has 1 unspecified atom stereocenters. The maximum absolute atomic E-state index is 13.3. The number of hydrogen-bond acceptors (Lipinski definition) is 6. The first-order valence-corrected chi connectivity index (χ1v) is 12.0. The van der Waals surface area contributed by atoms with Crippen LogP contribution >= 0.6 is 11.3 Å². The van der Waals surface area contributed by atoms with Crippen molar-refractivity contribution in [2.24, 2.45) is 5.41 Å². The molecule has 1 aromatic carbocycles. The quantitative estimate of drug-likeness (QED) is 0.493. The summed E-state index contributed by atoms with van der Waals surface area (Å²) >= 11 is 1.24. The van der Waals surface area contributed by atoms with Crippen LogP contribution < -0.4 is 0 Å². The number of likely N-dealkylation sites (tertiary alicyclic amines) is 2. The average molecular weight is 469 g/mol. The van der Waals surface area contributed by atoms with Crippen LogP contribution in [0.15, 0.2) is 42.5 Å². The van der Waals surface area contributed by atoms with Crippen LogP contribution in [0.3, 0.4) is 0 Å². The highest BCUT2D eigenvalue weighted by molar-refractivity contribution is 7.15. The summed E-state index contributed by atoms with van der Waals surface area (Å²) in [5.41, 5.74) is 0.643. The molecule has 2 aliphatic rings.